The van der Waals surface area contributed by atoms with Gasteiger partial charge in [0.1, 0.15) is 0 Å². The van der Waals surface area contributed by atoms with Gasteiger partial charge in [-0.2, -0.15) is 0 Å². The summed E-state index contributed by atoms with van der Waals surface area (Å²) in [7, 11) is 70.0. The molecule has 0 aromatic heterocycles. The van der Waals surface area contributed by atoms with Crippen molar-refractivity contribution in [2.75, 3.05) is 511 Å². The van der Waals surface area contributed by atoms with Crippen LogP contribution in [0.2, 0.25) is 0 Å². The Morgan fingerprint density at radius 1 is 0.0676 bits per heavy atom. The standard InChI is InChI=1S/C5H12O3.70CH4O/c6-3-1-5(8)2-4-7;70*1-2/h5-8H,1-4H2;70*2H,1H3. The van der Waals surface area contributed by atoms with Crippen molar-refractivity contribution in [3.05, 3.63) is 0 Å². The molecule has 0 fully saturated rings. The minimum absolute atomic E-state index is 0.0127. The zero-order valence-corrected chi connectivity index (χ0v) is 106. The molecule has 148 heavy (non-hydrogen) atoms. The molecule has 0 aromatic rings. The lowest BCUT2D eigenvalue weighted by Gasteiger charge is -2.03. The molecule has 0 spiro atoms. The van der Waals surface area contributed by atoms with Gasteiger partial charge in [-0.1, -0.05) is 0 Å². The minimum Gasteiger partial charge on any atom is -0.400 e. The molecule has 0 aliphatic carbocycles. The van der Waals surface area contributed by atoms with E-state index < -0.39 is 6.10 Å². The second kappa shape index (κ2) is 177000. The summed E-state index contributed by atoms with van der Waals surface area (Å²) >= 11 is 0. The maximum Gasteiger partial charge on any atom is 0.0583 e. The van der Waals surface area contributed by atoms with Crippen LogP contribution in [-0.4, -0.2) is 890 Å². The van der Waals surface area contributed by atoms with Gasteiger partial charge in [0.25, 0.3) is 0 Å². The SMILES string of the molecule is CO.CO.CO.CO.CO.CO.CO.CO.CO.CO.CO.CO.CO.CO.CO.CO.CO.CO.CO.CO.CO.CO.CO.CO.CO.CO.CO.CO.CO.CO.CO.CO.CO.CO.CO.CO.CO.CO.CO.CO.CO.CO.CO.CO.CO.CO.CO.CO.CO.CO.CO.CO.CO.CO.CO.CO.CO.CO.CO.CO.CO.CO.CO.CO.CO.CO.CO.CO.CO.CO.OCCC(O)CCO. The molecule has 0 radical (unpaired) electrons. The van der Waals surface area contributed by atoms with Crippen molar-refractivity contribution in [3.8, 4) is 0 Å². The Hall–Kier alpha value is -2.92. The average Bonchev–Trinajstić information content (AvgIpc) is 1.10. The van der Waals surface area contributed by atoms with Gasteiger partial charge in [0.15, 0.2) is 0 Å². The third-order valence-electron chi connectivity index (χ3n) is 0.925. The van der Waals surface area contributed by atoms with Gasteiger partial charge in [-0.25, -0.2) is 0 Å². The zero-order valence-electron chi connectivity index (χ0n) is 106. The van der Waals surface area contributed by atoms with Crippen LogP contribution in [0, 0.1) is 0 Å². The number of rotatable bonds is 4. The molecule has 0 rings (SSSR count). The fourth-order valence-corrected chi connectivity index (χ4v) is 0.442. The fourth-order valence-electron chi connectivity index (χ4n) is 0.442. The smallest absolute Gasteiger partial charge is 0.0583 e. The molecule has 0 heterocycles. The van der Waals surface area contributed by atoms with Gasteiger partial charge < -0.3 is 373 Å². The van der Waals surface area contributed by atoms with Crippen molar-refractivity contribution in [1.82, 2.24) is 0 Å². The summed E-state index contributed by atoms with van der Waals surface area (Å²) in [5, 5.41) is 515. The largest absolute Gasteiger partial charge is 0.400 e. The molecular weight excluding hydrogens is 2070 g/mol. The number of aliphatic hydroxyl groups excluding tert-OH is 73. The van der Waals surface area contributed by atoms with Gasteiger partial charge in [-0.05, 0) is 12.8 Å². The Labute approximate surface area is 900 Å². The molecule has 0 aromatic carbocycles. The molecule has 0 saturated carbocycles. The second-order valence-electron chi connectivity index (χ2n) is 1.68. The summed E-state index contributed by atoms with van der Waals surface area (Å²) in [6, 6.07) is 0. The van der Waals surface area contributed by atoms with Gasteiger partial charge >= 0.3 is 0 Å². The number of hydrogen-bond donors (Lipinski definition) is 73. The monoisotopic (exact) mass is 2360 g/mol. The van der Waals surface area contributed by atoms with E-state index in [9.17, 15) is 0 Å². The van der Waals surface area contributed by atoms with Crippen molar-refractivity contribution in [2.24, 2.45) is 0 Å². The highest BCUT2D eigenvalue weighted by molar-refractivity contribution is 4.51. The van der Waals surface area contributed by atoms with Crippen molar-refractivity contribution in [3.63, 3.8) is 0 Å². The van der Waals surface area contributed by atoms with Gasteiger partial charge in [0.05, 0.1) is 6.10 Å². The van der Waals surface area contributed by atoms with E-state index in [0.717, 1.165) is 498 Å². The minimum atomic E-state index is -0.537. The summed E-state index contributed by atoms with van der Waals surface area (Å²) in [4.78, 5) is 0. The van der Waals surface area contributed by atoms with Crippen LogP contribution in [0.1, 0.15) is 12.8 Å². The summed E-state index contributed by atoms with van der Waals surface area (Å²) in [5.74, 6) is 0. The molecular formula is C75H292O73. The van der Waals surface area contributed by atoms with E-state index in [4.69, 9.17) is 373 Å². The molecule has 1030 valence electrons. The van der Waals surface area contributed by atoms with Crippen molar-refractivity contribution in [2.45, 2.75) is 18.9 Å². The molecule has 73 heteroatoms. The van der Waals surface area contributed by atoms with Crippen LogP contribution >= 0.6 is 0 Å². The maximum atomic E-state index is 8.73. The van der Waals surface area contributed by atoms with E-state index in [-0.39, 0.29) is 13.2 Å². The predicted molar refractivity (Wildman–Crippen MR) is 599 cm³/mol. The third-order valence-corrected chi connectivity index (χ3v) is 0.925. The lowest BCUT2D eigenvalue weighted by Crippen LogP contribution is -2.10. The van der Waals surface area contributed by atoms with Gasteiger partial charge in [0.2, 0.25) is 0 Å². The summed E-state index contributed by atoms with van der Waals surface area (Å²) < 4.78 is 0. The molecule has 0 unspecified atom stereocenters. The first-order valence-corrected chi connectivity index (χ1v) is 34.0. The topological polar surface area (TPSA) is 1480 Å². The number of hydrogen-bond acceptors (Lipinski definition) is 73. The van der Waals surface area contributed by atoms with E-state index in [2.05, 4.69) is 0 Å². The highest BCUT2D eigenvalue weighted by Crippen LogP contribution is 1.93. The van der Waals surface area contributed by atoms with Crippen molar-refractivity contribution < 1.29 is 373 Å². The summed E-state index contributed by atoms with van der Waals surface area (Å²) in [6.07, 6.45) is 0.186. The van der Waals surface area contributed by atoms with Crippen LogP contribution in [0.25, 0.3) is 0 Å². The molecule has 73 nitrogen and oxygen atoms in total. The lowest BCUT2D eigenvalue weighted by molar-refractivity contribution is 0.104. The van der Waals surface area contributed by atoms with Gasteiger partial charge in [-0.3, -0.25) is 0 Å². The van der Waals surface area contributed by atoms with Crippen LogP contribution in [0.3, 0.4) is 0 Å². The first-order valence-electron chi connectivity index (χ1n) is 34.0. The average molecular weight is 2360 g/mol. The molecule has 0 atom stereocenters. The fraction of sp³-hybridized carbons (Fsp3) is 1.00. The van der Waals surface area contributed by atoms with E-state index in [1.54, 1.807) is 0 Å². The molecule has 0 aliphatic heterocycles. The second-order valence-corrected chi connectivity index (χ2v) is 1.68. The van der Waals surface area contributed by atoms with Crippen molar-refractivity contribution in [1.29, 1.82) is 0 Å². The summed E-state index contributed by atoms with van der Waals surface area (Å²) in [5.41, 5.74) is 0. The molecule has 0 saturated heterocycles. The van der Waals surface area contributed by atoms with Crippen LogP contribution in [0.5, 0.6) is 0 Å². The van der Waals surface area contributed by atoms with E-state index in [1.165, 1.54) is 0 Å². The first-order chi connectivity index (χ1) is 73.8. The quantitative estimate of drug-likeness (QED) is 0.124. The molecule has 0 aliphatic rings. The maximum absolute atomic E-state index is 8.73. The molecule has 0 amide bonds. The Morgan fingerprint density at radius 3 is 0.101 bits per heavy atom. The Bertz CT molecular complexity index is 181. The van der Waals surface area contributed by atoms with Crippen LogP contribution in [0.15, 0.2) is 0 Å². The predicted octanol–water partition coefficient (Wildman–Crippen LogP) is -28.3. The third kappa shape index (κ3) is 304000. The Morgan fingerprint density at radius 2 is 0.0878 bits per heavy atom. The normalized spacial score (nSPS) is 3.41. The highest BCUT2D eigenvalue weighted by atomic mass is 16.3. The molecule has 73 N–H and O–H groups in total. The Balaban J connectivity index is -0.00000000591. The van der Waals surface area contributed by atoms with E-state index in [0.29, 0.717) is 12.8 Å². The summed E-state index contributed by atoms with van der Waals surface area (Å²) in [6.45, 7) is -0.0255. The van der Waals surface area contributed by atoms with Crippen LogP contribution in [-0.2, 0) is 0 Å². The molecule has 0 bridgehead atoms. The van der Waals surface area contributed by atoms with Crippen LogP contribution in [0.4, 0.5) is 0 Å². The Kier molecular flexibility index (Phi) is 657000. The van der Waals surface area contributed by atoms with Gasteiger partial charge in [0, 0.05) is 511 Å². The van der Waals surface area contributed by atoms with E-state index in [1.807, 2.05) is 0 Å². The van der Waals surface area contributed by atoms with E-state index >= 15 is 0 Å². The number of aliphatic hydroxyl groups is 73. The lowest BCUT2D eigenvalue weighted by atomic mass is 10.2. The van der Waals surface area contributed by atoms with Gasteiger partial charge in [-0.15, -0.1) is 0 Å². The van der Waals surface area contributed by atoms with Crippen LogP contribution < -0.4 is 0 Å². The first kappa shape index (κ1) is 549. The highest BCUT2D eigenvalue weighted by Gasteiger charge is 1.99. The van der Waals surface area contributed by atoms with Crippen molar-refractivity contribution >= 4 is 0 Å². The zero-order chi connectivity index (χ0) is 146.